The Kier molecular flexibility index (Phi) is 5.03. The van der Waals surface area contributed by atoms with Crippen LogP contribution < -0.4 is 9.47 Å². The van der Waals surface area contributed by atoms with Crippen LogP contribution >= 0.6 is 0 Å². The number of alkyl halides is 3. The van der Waals surface area contributed by atoms with Gasteiger partial charge in [-0.1, -0.05) is 11.8 Å². The highest BCUT2D eigenvalue weighted by atomic mass is 19.4. The van der Waals surface area contributed by atoms with Crippen LogP contribution in [0.1, 0.15) is 16.8 Å². The molecule has 0 radical (unpaired) electrons. The number of nitrogens with one attached hydrogen (secondary N) is 1. The Morgan fingerprint density at radius 1 is 0.889 bits per heavy atom. The lowest BCUT2D eigenvalue weighted by atomic mass is 10.1. The van der Waals surface area contributed by atoms with Crippen LogP contribution in [0.5, 0.6) is 11.5 Å². The lowest BCUT2D eigenvalue weighted by Gasteiger charge is -2.04. The van der Waals surface area contributed by atoms with Crippen molar-refractivity contribution in [1.29, 1.82) is 0 Å². The lowest BCUT2D eigenvalue weighted by Crippen LogP contribution is -2.04. The molecule has 3 rings (SSSR count). The molecule has 0 atom stereocenters. The van der Waals surface area contributed by atoms with E-state index in [4.69, 9.17) is 9.47 Å². The van der Waals surface area contributed by atoms with E-state index in [2.05, 4.69) is 21.9 Å². The van der Waals surface area contributed by atoms with Crippen LogP contribution in [0.2, 0.25) is 0 Å². The minimum Gasteiger partial charge on any atom is -0.497 e. The van der Waals surface area contributed by atoms with Gasteiger partial charge in [-0.2, -0.15) is 18.3 Å². The molecule has 27 heavy (non-hydrogen) atoms. The fourth-order valence-electron chi connectivity index (χ4n) is 2.27. The summed E-state index contributed by atoms with van der Waals surface area (Å²) in [7, 11) is 3.08. The molecule has 2 aromatic heterocycles. The third-order valence-electron chi connectivity index (χ3n) is 3.61. The van der Waals surface area contributed by atoms with E-state index in [1.54, 1.807) is 44.6 Å². The predicted octanol–water partition coefficient (Wildman–Crippen LogP) is 3.91. The van der Waals surface area contributed by atoms with Gasteiger partial charge < -0.3 is 9.47 Å². The van der Waals surface area contributed by atoms with E-state index in [1.165, 1.54) is 6.20 Å². The van der Waals surface area contributed by atoms with Crippen molar-refractivity contribution in [2.75, 3.05) is 14.2 Å². The van der Waals surface area contributed by atoms with Gasteiger partial charge in [0.15, 0.2) is 0 Å². The Balaban J connectivity index is 1.90. The molecule has 8 heteroatoms. The molecule has 5 nitrogen and oxygen atoms in total. The summed E-state index contributed by atoms with van der Waals surface area (Å²) in [5.41, 5.74) is 0.701. The average Bonchev–Trinajstić information content (AvgIpc) is 3.17. The summed E-state index contributed by atoms with van der Waals surface area (Å²) < 4.78 is 48.5. The number of nitrogens with zero attached hydrogens (tertiary/aromatic N) is 2. The van der Waals surface area contributed by atoms with Gasteiger partial charge in [0, 0.05) is 23.4 Å². The normalized spacial score (nSPS) is 10.9. The van der Waals surface area contributed by atoms with Crippen molar-refractivity contribution in [1.82, 2.24) is 15.2 Å². The smallest absolute Gasteiger partial charge is 0.432 e. The number of aromatic nitrogens is 3. The van der Waals surface area contributed by atoms with Crippen molar-refractivity contribution in [3.8, 4) is 34.7 Å². The third kappa shape index (κ3) is 4.39. The van der Waals surface area contributed by atoms with Crippen LogP contribution in [0, 0.1) is 11.8 Å². The highest BCUT2D eigenvalue weighted by molar-refractivity contribution is 5.58. The summed E-state index contributed by atoms with van der Waals surface area (Å²) in [5.74, 6) is 7.13. The van der Waals surface area contributed by atoms with Gasteiger partial charge in [0.05, 0.1) is 19.9 Å². The van der Waals surface area contributed by atoms with Crippen LogP contribution in [0.3, 0.4) is 0 Å². The lowest BCUT2D eigenvalue weighted by molar-refractivity contribution is -0.141. The summed E-state index contributed by atoms with van der Waals surface area (Å²) in [4.78, 5) is 4.06. The molecule has 0 aliphatic carbocycles. The first-order valence-corrected chi connectivity index (χ1v) is 7.73. The third-order valence-corrected chi connectivity index (χ3v) is 3.61. The van der Waals surface area contributed by atoms with Gasteiger partial charge in [-0.05, 0) is 30.3 Å². The summed E-state index contributed by atoms with van der Waals surface area (Å²) in [5, 5.41) is 5.64. The first kappa shape index (κ1) is 18.3. The second kappa shape index (κ2) is 7.41. The Hall–Kier alpha value is -3.47. The number of halogens is 3. The van der Waals surface area contributed by atoms with Gasteiger partial charge in [0.25, 0.3) is 0 Å². The minimum atomic E-state index is -4.49. The highest BCUT2D eigenvalue weighted by Crippen LogP contribution is 2.30. The molecule has 1 N–H and O–H groups in total. The van der Waals surface area contributed by atoms with Gasteiger partial charge in [-0.25, -0.2) is 0 Å². The maximum atomic E-state index is 12.7. The zero-order chi connectivity index (χ0) is 19.4. The highest BCUT2D eigenvalue weighted by Gasteiger charge is 2.33. The van der Waals surface area contributed by atoms with Crippen molar-refractivity contribution in [3.63, 3.8) is 0 Å². The predicted molar refractivity (Wildman–Crippen MR) is 92.3 cm³/mol. The maximum absolute atomic E-state index is 12.7. The van der Waals surface area contributed by atoms with Gasteiger partial charge in [-0.3, -0.25) is 10.1 Å². The van der Waals surface area contributed by atoms with Crippen molar-refractivity contribution < 1.29 is 22.6 Å². The number of aromatic amines is 1. The number of hydrogen-bond donors (Lipinski definition) is 1. The van der Waals surface area contributed by atoms with Crippen LogP contribution in [0.4, 0.5) is 13.2 Å². The topological polar surface area (TPSA) is 60.0 Å². The zero-order valence-electron chi connectivity index (χ0n) is 14.4. The molecular formula is C19H14F3N3O2. The quantitative estimate of drug-likeness (QED) is 0.708. The van der Waals surface area contributed by atoms with Crippen molar-refractivity contribution in [2.45, 2.75) is 6.18 Å². The molecule has 0 saturated heterocycles. The fourth-order valence-corrected chi connectivity index (χ4v) is 2.27. The molecular weight excluding hydrogens is 359 g/mol. The Bertz CT molecular complexity index is 995. The molecule has 1 aromatic carbocycles. The van der Waals surface area contributed by atoms with E-state index >= 15 is 0 Å². The first-order valence-electron chi connectivity index (χ1n) is 7.73. The molecule has 0 fully saturated rings. The summed E-state index contributed by atoms with van der Waals surface area (Å²) in [6.07, 6.45) is -3.03. The second-order valence-corrected chi connectivity index (χ2v) is 5.45. The number of methoxy groups -OCH3 is 2. The molecule has 138 valence electrons. The number of rotatable bonds is 3. The summed E-state index contributed by atoms with van der Waals surface area (Å²) in [6.45, 7) is 0. The zero-order valence-corrected chi connectivity index (χ0v) is 14.4. The minimum absolute atomic E-state index is 0.0917. The standard InChI is InChI=1S/C19H14F3N3O2/c1-26-14-7-13(8-15(10-14)27-2)4-3-12-5-6-23-16(9-12)17-11-18(25-24-17)19(20,21)22/h5-11H,1-2H3,(H,24,25). The van der Waals surface area contributed by atoms with Crippen LogP contribution in [0.15, 0.2) is 42.6 Å². The first-order chi connectivity index (χ1) is 12.9. The number of pyridine rings is 1. The SMILES string of the molecule is COc1cc(C#Cc2ccnc(-c3cc(C(F)(F)F)[nH]n3)c2)cc(OC)c1. The van der Waals surface area contributed by atoms with Gasteiger partial charge in [-0.15, -0.1) is 0 Å². The molecule has 0 bridgehead atoms. The largest absolute Gasteiger partial charge is 0.497 e. The molecule has 0 aliphatic heterocycles. The number of benzene rings is 1. The Morgan fingerprint density at radius 3 is 2.15 bits per heavy atom. The maximum Gasteiger partial charge on any atom is 0.432 e. The number of ether oxygens (including phenoxy) is 2. The molecule has 0 spiro atoms. The number of H-pyrrole nitrogens is 1. The molecule has 2 heterocycles. The second-order valence-electron chi connectivity index (χ2n) is 5.45. The van der Waals surface area contributed by atoms with Crippen LogP contribution in [-0.4, -0.2) is 29.4 Å². The van der Waals surface area contributed by atoms with Crippen molar-refractivity contribution in [2.24, 2.45) is 0 Å². The van der Waals surface area contributed by atoms with Crippen molar-refractivity contribution in [3.05, 3.63) is 59.4 Å². The van der Waals surface area contributed by atoms with Gasteiger partial charge in [0.2, 0.25) is 0 Å². The van der Waals surface area contributed by atoms with Crippen LogP contribution in [-0.2, 0) is 6.18 Å². The van der Waals surface area contributed by atoms with E-state index in [-0.39, 0.29) is 11.4 Å². The van der Waals surface area contributed by atoms with E-state index in [0.29, 0.717) is 22.6 Å². The van der Waals surface area contributed by atoms with E-state index < -0.39 is 11.9 Å². The molecule has 3 aromatic rings. The number of hydrogen-bond acceptors (Lipinski definition) is 4. The summed E-state index contributed by atoms with van der Waals surface area (Å²) >= 11 is 0. The van der Waals surface area contributed by atoms with E-state index in [1.807, 2.05) is 5.10 Å². The van der Waals surface area contributed by atoms with Crippen molar-refractivity contribution >= 4 is 0 Å². The Labute approximate surface area is 153 Å². The molecule has 0 aliphatic rings. The Morgan fingerprint density at radius 2 is 1.56 bits per heavy atom. The molecule has 0 amide bonds. The fraction of sp³-hybridized carbons (Fsp3) is 0.158. The molecule has 0 unspecified atom stereocenters. The van der Waals surface area contributed by atoms with Crippen LogP contribution in [0.25, 0.3) is 11.4 Å². The summed E-state index contributed by atoms with van der Waals surface area (Å²) in [6, 6.07) is 9.37. The monoisotopic (exact) mass is 373 g/mol. The molecule has 0 saturated carbocycles. The van der Waals surface area contributed by atoms with E-state index in [0.717, 1.165) is 6.07 Å². The van der Waals surface area contributed by atoms with Gasteiger partial charge >= 0.3 is 6.18 Å². The van der Waals surface area contributed by atoms with E-state index in [9.17, 15) is 13.2 Å². The van der Waals surface area contributed by atoms with Gasteiger partial charge in [0.1, 0.15) is 22.9 Å². The average molecular weight is 373 g/mol.